The zero-order valence-electron chi connectivity index (χ0n) is 14.7. The minimum absolute atomic E-state index is 0.0344. The number of alkyl halides is 3. The zero-order chi connectivity index (χ0) is 21.6. The Morgan fingerprint density at radius 3 is 2.69 bits per heavy atom. The van der Waals surface area contributed by atoms with Gasteiger partial charge in [0.25, 0.3) is 11.5 Å². The largest absolute Gasteiger partial charge is 0.573 e. The molecule has 0 aliphatic rings. The van der Waals surface area contributed by atoms with Gasteiger partial charge in [0, 0.05) is 11.8 Å². The van der Waals surface area contributed by atoms with Gasteiger partial charge >= 0.3 is 6.36 Å². The first-order chi connectivity index (χ1) is 13.6. The molecule has 29 heavy (non-hydrogen) atoms. The second-order valence-electron chi connectivity index (χ2n) is 5.67. The molecule has 0 fully saturated rings. The standard InChI is InChI=1S/C16H17F3N6O4/c17-16(18,19)29-10-3-1-2-8(6-10)22-13-11(12(21)27)14(28)25-15(24-13)23-9(7-26)4-5-20/h1-3,6-7,9H,4-5,20H2,(H2,21,27)(H3,22,23,24,25,28). The number of rotatable bonds is 9. The van der Waals surface area contributed by atoms with Crippen molar-refractivity contribution in [1.82, 2.24) is 9.97 Å². The molecule has 0 bridgehead atoms. The number of ether oxygens (including phenoxy) is 1. The Balaban J connectivity index is 2.40. The normalized spacial score (nSPS) is 12.1. The molecule has 7 N–H and O–H groups in total. The Kier molecular flexibility index (Phi) is 6.77. The number of amides is 1. The fourth-order valence-corrected chi connectivity index (χ4v) is 2.30. The number of primary amides is 1. The van der Waals surface area contributed by atoms with Crippen molar-refractivity contribution in [1.29, 1.82) is 0 Å². The van der Waals surface area contributed by atoms with Crippen molar-refractivity contribution in [2.45, 2.75) is 18.8 Å². The molecular formula is C16H17F3N6O4. The number of benzene rings is 1. The molecule has 0 saturated carbocycles. The Bertz CT molecular complexity index is 947. The molecule has 0 aliphatic heterocycles. The van der Waals surface area contributed by atoms with Crippen molar-refractivity contribution in [3.63, 3.8) is 0 Å². The molecule has 0 radical (unpaired) electrons. The van der Waals surface area contributed by atoms with E-state index in [1.165, 1.54) is 12.1 Å². The smallest absolute Gasteiger partial charge is 0.406 e. The quantitative estimate of drug-likeness (QED) is 0.377. The van der Waals surface area contributed by atoms with Crippen LogP contribution in [0, 0.1) is 0 Å². The monoisotopic (exact) mass is 414 g/mol. The van der Waals surface area contributed by atoms with E-state index in [-0.39, 0.29) is 30.4 Å². The summed E-state index contributed by atoms with van der Waals surface area (Å²) in [6.07, 6.45) is -4.10. The van der Waals surface area contributed by atoms with Gasteiger partial charge in [-0.1, -0.05) is 6.07 Å². The van der Waals surface area contributed by atoms with E-state index in [1.54, 1.807) is 0 Å². The number of nitrogens with zero attached hydrogens (tertiary/aromatic N) is 1. The maximum absolute atomic E-state index is 12.4. The van der Waals surface area contributed by atoms with Crippen LogP contribution in [0.5, 0.6) is 5.75 Å². The van der Waals surface area contributed by atoms with Gasteiger partial charge in [-0.3, -0.25) is 14.6 Å². The second kappa shape index (κ2) is 9.05. The predicted octanol–water partition coefficient (Wildman–Crippen LogP) is 0.839. The number of nitrogens with one attached hydrogen (secondary N) is 3. The Morgan fingerprint density at radius 2 is 2.10 bits per heavy atom. The van der Waals surface area contributed by atoms with E-state index in [1.807, 2.05) is 0 Å². The number of carbonyl (C=O) groups excluding carboxylic acids is 2. The highest BCUT2D eigenvalue weighted by Crippen LogP contribution is 2.26. The molecule has 156 valence electrons. The van der Waals surface area contributed by atoms with Crippen molar-refractivity contribution >= 4 is 29.6 Å². The molecule has 1 heterocycles. The van der Waals surface area contributed by atoms with E-state index in [9.17, 15) is 27.6 Å². The summed E-state index contributed by atoms with van der Waals surface area (Å²) in [7, 11) is 0. The first-order valence-corrected chi connectivity index (χ1v) is 8.11. The molecule has 1 aromatic heterocycles. The lowest BCUT2D eigenvalue weighted by atomic mass is 10.2. The molecule has 2 rings (SSSR count). The number of carbonyl (C=O) groups is 2. The van der Waals surface area contributed by atoms with Crippen molar-refractivity contribution in [3.8, 4) is 5.75 Å². The number of hydrogen-bond acceptors (Lipinski definition) is 8. The van der Waals surface area contributed by atoms with Gasteiger partial charge in [0.2, 0.25) is 5.95 Å². The predicted molar refractivity (Wildman–Crippen MR) is 96.9 cm³/mol. The van der Waals surface area contributed by atoms with E-state index in [2.05, 4.69) is 25.3 Å². The number of halogens is 3. The van der Waals surface area contributed by atoms with Crippen LogP contribution < -0.4 is 32.4 Å². The van der Waals surface area contributed by atoms with Crippen molar-refractivity contribution in [3.05, 3.63) is 40.2 Å². The van der Waals surface area contributed by atoms with Crippen LogP contribution in [0.25, 0.3) is 0 Å². The molecule has 1 unspecified atom stereocenters. The van der Waals surface area contributed by atoms with Crippen molar-refractivity contribution < 1.29 is 27.5 Å². The summed E-state index contributed by atoms with van der Waals surface area (Å²) in [4.78, 5) is 41.1. The maximum atomic E-state index is 12.4. The summed E-state index contributed by atoms with van der Waals surface area (Å²) in [6.45, 7) is 0.178. The Morgan fingerprint density at radius 1 is 1.38 bits per heavy atom. The van der Waals surface area contributed by atoms with Crippen LogP contribution >= 0.6 is 0 Å². The Hall–Kier alpha value is -3.61. The first kappa shape index (κ1) is 21.7. The summed E-state index contributed by atoms with van der Waals surface area (Å²) in [5.41, 5.74) is 9.15. The van der Waals surface area contributed by atoms with Crippen molar-refractivity contribution in [2.75, 3.05) is 17.2 Å². The average Bonchev–Trinajstić information content (AvgIpc) is 2.59. The van der Waals surface area contributed by atoms with Crippen LogP contribution in [0.1, 0.15) is 16.8 Å². The summed E-state index contributed by atoms with van der Waals surface area (Å²) in [6, 6.07) is 3.89. The van der Waals surface area contributed by atoms with Crippen LogP contribution in [0.3, 0.4) is 0 Å². The molecule has 0 aliphatic carbocycles. The number of aromatic amines is 1. The van der Waals surface area contributed by atoms with Crippen molar-refractivity contribution in [2.24, 2.45) is 11.5 Å². The molecule has 0 spiro atoms. The number of H-pyrrole nitrogens is 1. The second-order valence-corrected chi connectivity index (χ2v) is 5.67. The zero-order valence-corrected chi connectivity index (χ0v) is 14.7. The lowest BCUT2D eigenvalue weighted by Crippen LogP contribution is -2.30. The lowest BCUT2D eigenvalue weighted by molar-refractivity contribution is -0.274. The molecule has 13 heteroatoms. The maximum Gasteiger partial charge on any atom is 0.573 e. The SMILES string of the molecule is NCCC(C=O)Nc1nc(Nc2cccc(OC(F)(F)F)c2)c(C(N)=O)c(=O)[nH]1. The van der Waals surface area contributed by atoms with E-state index in [0.717, 1.165) is 12.1 Å². The number of nitrogens with two attached hydrogens (primary N) is 2. The van der Waals surface area contributed by atoms with Crippen LogP contribution in [-0.4, -0.2) is 41.1 Å². The highest BCUT2D eigenvalue weighted by Gasteiger charge is 2.31. The minimum Gasteiger partial charge on any atom is -0.406 e. The highest BCUT2D eigenvalue weighted by atomic mass is 19.4. The van der Waals surface area contributed by atoms with Crippen LogP contribution in [0.4, 0.5) is 30.6 Å². The summed E-state index contributed by atoms with van der Waals surface area (Å²) in [5, 5.41) is 5.18. The van der Waals surface area contributed by atoms with Crippen LogP contribution in [-0.2, 0) is 4.79 Å². The molecular weight excluding hydrogens is 397 g/mol. The Labute approximate surface area is 161 Å². The van der Waals surface area contributed by atoms with Gasteiger partial charge in [-0.15, -0.1) is 13.2 Å². The molecule has 1 amide bonds. The molecule has 0 saturated heterocycles. The highest BCUT2D eigenvalue weighted by molar-refractivity contribution is 5.98. The summed E-state index contributed by atoms with van der Waals surface area (Å²) >= 11 is 0. The van der Waals surface area contributed by atoms with E-state index in [0.29, 0.717) is 6.29 Å². The van der Waals surface area contributed by atoms with Gasteiger partial charge in [0.15, 0.2) is 5.82 Å². The topological polar surface area (TPSA) is 165 Å². The van der Waals surface area contributed by atoms with Gasteiger partial charge in [-0.05, 0) is 25.1 Å². The molecule has 1 atom stereocenters. The number of aromatic nitrogens is 2. The number of anilines is 3. The van der Waals surface area contributed by atoms with Crippen LogP contribution in [0.15, 0.2) is 29.1 Å². The third-order valence-electron chi connectivity index (χ3n) is 3.46. The third-order valence-corrected chi connectivity index (χ3v) is 3.46. The van der Waals surface area contributed by atoms with Gasteiger partial charge < -0.3 is 31.6 Å². The van der Waals surface area contributed by atoms with E-state index in [4.69, 9.17) is 11.5 Å². The van der Waals surface area contributed by atoms with E-state index >= 15 is 0 Å². The first-order valence-electron chi connectivity index (χ1n) is 8.11. The van der Waals surface area contributed by atoms with E-state index < -0.39 is 35.2 Å². The minimum atomic E-state index is -4.90. The third kappa shape index (κ3) is 6.21. The summed E-state index contributed by atoms with van der Waals surface area (Å²) < 4.78 is 41.0. The van der Waals surface area contributed by atoms with Gasteiger partial charge in [-0.25, -0.2) is 0 Å². The molecule has 1 aromatic carbocycles. The lowest BCUT2D eigenvalue weighted by Gasteiger charge is -2.15. The number of aldehydes is 1. The van der Waals surface area contributed by atoms with Gasteiger partial charge in [0.05, 0.1) is 6.04 Å². The van der Waals surface area contributed by atoms with Gasteiger partial charge in [0.1, 0.15) is 17.6 Å². The van der Waals surface area contributed by atoms with Gasteiger partial charge in [-0.2, -0.15) is 4.98 Å². The number of hydrogen-bond donors (Lipinski definition) is 5. The van der Waals surface area contributed by atoms with Crippen LogP contribution in [0.2, 0.25) is 0 Å². The molecule has 10 nitrogen and oxygen atoms in total. The average molecular weight is 414 g/mol. The fraction of sp³-hybridized carbons (Fsp3) is 0.250. The summed E-state index contributed by atoms with van der Waals surface area (Å²) in [5.74, 6) is -2.15. The fourth-order valence-electron chi connectivity index (χ4n) is 2.30. The molecule has 2 aromatic rings.